The van der Waals surface area contributed by atoms with E-state index < -0.39 is 0 Å². The number of hydrogen-bond acceptors (Lipinski definition) is 4. The van der Waals surface area contributed by atoms with Crippen molar-refractivity contribution in [2.24, 2.45) is 0 Å². The largest absolute Gasteiger partial charge is 0.358 e. The van der Waals surface area contributed by atoms with Crippen molar-refractivity contribution in [3.05, 3.63) is 35.2 Å². The Hall–Kier alpha value is -1.43. The van der Waals surface area contributed by atoms with E-state index in [4.69, 9.17) is 0 Å². The molecule has 1 amide bonds. The molecule has 0 radical (unpaired) electrons. The van der Waals surface area contributed by atoms with Gasteiger partial charge in [0.25, 0.3) is 0 Å². The van der Waals surface area contributed by atoms with Crippen LogP contribution in [0.1, 0.15) is 30.7 Å². The van der Waals surface area contributed by atoms with Gasteiger partial charge in [0.2, 0.25) is 5.91 Å². The Morgan fingerprint density at radius 1 is 1.35 bits per heavy atom. The van der Waals surface area contributed by atoms with E-state index in [1.54, 1.807) is 7.05 Å². The van der Waals surface area contributed by atoms with E-state index in [-0.39, 0.29) is 5.91 Å². The summed E-state index contributed by atoms with van der Waals surface area (Å²) in [5.74, 6) is 0.107. The number of rotatable bonds is 5. The van der Waals surface area contributed by atoms with Crippen molar-refractivity contribution in [3.8, 4) is 0 Å². The van der Waals surface area contributed by atoms with Crippen molar-refractivity contribution in [3.63, 3.8) is 0 Å². The Morgan fingerprint density at radius 3 is 2.78 bits per heavy atom. The Bertz CT molecular complexity index is 628. The Labute approximate surface area is 141 Å². The van der Waals surface area contributed by atoms with Crippen LogP contribution in [0.25, 0.3) is 10.1 Å². The lowest BCUT2D eigenvalue weighted by atomic mass is 10.0. The molecule has 2 N–H and O–H groups in total. The van der Waals surface area contributed by atoms with E-state index in [0.29, 0.717) is 18.6 Å². The standard InChI is InChI=1S/C18H25N3OS/c1-13(17-11-14-5-3-4-6-16(14)23-17)20-15-7-9-21(10-8-15)12-18(22)19-2/h3-6,11,13,15,20H,7-10,12H2,1-2H3,(H,19,22)/t13-/m1/s1. The van der Waals surface area contributed by atoms with Gasteiger partial charge < -0.3 is 10.6 Å². The van der Waals surface area contributed by atoms with E-state index in [9.17, 15) is 4.79 Å². The molecule has 0 bridgehead atoms. The molecule has 0 unspecified atom stereocenters. The fourth-order valence-electron chi connectivity index (χ4n) is 3.19. The second-order valence-corrected chi connectivity index (χ2v) is 7.41. The number of likely N-dealkylation sites (tertiary alicyclic amines) is 1. The summed E-state index contributed by atoms with van der Waals surface area (Å²) in [6, 6.07) is 11.8. The Balaban J connectivity index is 1.53. The molecule has 0 spiro atoms. The maximum absolute atomic E-state index is 11.4. The van der Waals surface area contributed by atoms with Crippen LogP contribution in [0.5, 0.6) is 0 Å². The molecule has 5 heteroatoms. The summed E-state index contributed by atoms with van der Waals surface area (Å²) in [5.41, 5.74) is 0. The topological polar surface area (TPSA) is 44.4 Å². The van der Waals surface area contributed by atoms with Crippen LogP contribution < -0.4 is 10.6 Å². The maximum Gasteiger partial charge on any atom is 0.233 e. The normalized spacial score (nSPS) is 18.2. The number of nitrogens with zero attached hydrogens (tertiary/aromatic N) is 1. The minimum Gasteiger partial charge on any atom is -0.358 e. The lowest BCUT2D eigenvalue weighted by Gasteiger charge is -2.33. The summed E-state index contributed by atoms with van der Waals surface area (Å²) >= 11 is 1.88. The highest BCUT2D eigenvalue weighted by atomic mass is 32.1. The van der Waals surface area contributed by atoms with E-state index in [0.717, 1.165) is 25.9 Å². The SMILES string of the molecule is CNC(=O)CN1CCC(N[C@H](C)c2cc3ccccc3s2)CC1. The smallest absolute Gasteiger partial charge is 0.233 e. The molecule has 1 aromatic heterocycles. The molecule has 2 heterocycles. The second-order valence-electron chi connectivity index (χ2n) is 6.30. The van der Waals surface area contributed by atoms with Crippen molar-refractivity contribution in [2.45, 2.75) is 31.8 Å². The van der Waals surface area contributed by atoms with Crippen molar-refractivity contribution >= 4 is 27.3 Å². The summed E-state index contributed by atoms with van der Waals surface area (Å²) in [6.45, 7) is 4.76. The van der Waals surface area contributed by atoms with Gasteiger partial charge in [0, 0.05) is 41.8 Å². The number of thiophene rings is 1. The lowest BCUT2D eigenvalue weighted by molar-refractivity contribution is -0.122. The van der Waals surface area contributed by atoms with Crippen LogP contribution in [0.4, 0.5) is 0 Å². The van der Waals surface area contributed by atoms with Crippen LogP contribution in [0.15, 0.2) is 30.3 Å². The molecule has 23 heavy (non-hydrogen) atoms. The molecule has 1 saturated heterocycles. The number of benzene rings is 1. The van der Waals surface area contributed by atoms with Crippen LogP contribution in [0, 0.1) is 0 Å². The number of piperidine rings is 1. The zero-order chi connectivity index (χ0) is 16.2. The van der Waals surface area contributed by atoms with Gasteiger partial charge in [-0.2, -0.15) is 0 Å². The first-order valence-corrected chi connectivity index (χ1v) is 9.15. The number of carbonyl (C=O) groups is 1. The van der Waals surface area contributed by atoms with Gasteiger partial charge in [-0.05, 0) is 37.3 Å². The molecule has 0 saturated carbocycles. The molecule has 1 aromatic carbocycles. The highest BCUT2D eigenvalue weighted by molar-refractivity contribution is 7.19. The second kappa shape index (κ2) is 7.43. The van der Waals surface area contributed by atoms with E-state index in [2.05, 4.69) is 52.8 Å². The predicted molar refractivity (Wildman–Crippen MR) is 96.9 cm³/mol. The zero-order valence-corrected chi connectivity index (χ0v) is 14.7. The first-order valence-electron chi connectivity index (χ1n) is 8.33. The molecule has 1 fully saturated rings. The third-order valence-corrected chi connectivity index (χ3v) is 5.89. The predicted octanol–water partition coefficient (Wildman–Crippen LogP) is 2.76. The molecule has 1 aliphatic heterocycles. The quantitative estimate of drug-likeness (QED) is 0.885. The fourth-order valence-corrected chi connectivity index (χ4v) is 4.27. The van der Waals surface area contributed by atoms with Gasteiger partial charge in [-0.3, -0.25) is 9.69 Å². The van der Waals surface area contributed by atoms with Gasteiger partial charge in [-0.1, -0.05) is 18.2 Å². The zero-order valence-electron chi connectivity index (χ0n) is 13.8. The van der Waals surface area contributed by atoms with Crippen LogP contribution in [-0.2, 0) is 4.79 Å². The summed E-state index contributed by atoms with van der Waals surface area (Å²) in [4.78, 5) is 15.1. The van der Waals surface area contributed by atoms with Gasteiger partial charge >= 0.3 is 0 Å². The molecular formula is C18H25N3OS. The lowest BCUT2D eigenvalue weighted by Crippen LogP contribution is -2.46. The molecule has 1 aliphatic rings. The minimum atomic E-state index is 0.107. The van der Waals surface area contributed by atoms with Crippen LogP contribution in [0.3, 0.4) is 0 Å². The highest BCUT2D eigenvalue weighted by Crippen LogP contribution is 2.30. The van der Waals surface area contributed by atoms with Crippen molar-refractivity contribution in [1.82, 2.24) is 15.5 Å². The minimum absolute atomic E-state index is 0.107. The highest BCUT2D eigenvalue weighted by Gasteiger charge is 2.22. The van der Waals surface area contributed by atoms with Crippen LogP contribution in [-0.4, -0.2) is 43.5 Å². The third kappa shape index (κ3) is 4.10. The maximum atomic E-state index is 11.4. The van der Waals surface area contributed by atoms with Gasteiger partial charge in [-0.15, -0.1) is 11.3 Å². The third-order valence-electron chi connectivity index (χ3n) is 4.59. The number of hydrogen-bond donors (Lipinski definition) is 2. The van der Waals surface area contributed by atoms with Gasteiger partial charge in [-0.25, -0.2) is 0 Å². The average molecular weight is 331 g/mol. The summed E-state index contributed by atoms with van der Waals surface area (Å²) in [7, 11) is 1.70. The molecule has 0 aliphatic carbocycles. The van der Waals surface area contributed by atoms with E-state index >= 15 is 0 Å². The number of amides is 1. The fraction of sp³-hybridized carbons (Fsp3) is 0.500. The Morgan fingerprint density at radius 2 is 2.09 bits per heavy atom. The van der Waals surface area contributed by atoms with Crippen LogP contribution >= 0.6 is 11.3 Å². The van der Waals surface area contributed by atoms with Crippen molar-refractivity contribution < 1.29 is 4.79 Å². The van der Waals surface area contributed by atoms with Gasteiger partial charge in [0.05, 0.1) is 6.54 Å². The van der Waals surface area contributed by atoms with E-state index in [1.807, 2.05) is 11.3 Å². The van der Waals surface area contributed by atoms with Crippen molar-refractivity contribution in [2.75, 3.05) is 26.7 Å². The number of likely N-dealkylation sites (N-methyl/N-ethyl adjacent to an activating group) is 1. The number of fused-ring (bicyclic) bond motifs is 1. The molecule has 124 valence electrons. The monoisotopic (exact) mass is 331 g/mol. The van der Waals surface area contributed by atoms with E-state index in [1.165, 1.54) is 15.0 Å². The van der Waals surface area contributed by atoms with Crippen LogP contribution in [0.2, 0.25) is 0 Å². The summed E-state index contributed by atoms with van der Waals surface area (Å²) in [6.07, 6.45) is 2.21. The molecule has 1 atom stereocenters. The summed E-state index contributed by atoms with van der Waals surface area (Å²) in [5, 5.41) is 7.80. The average Bonchev–Trinajstić information content (AvgIpc) is 3.00. The van der Waals surface area contributed by atoms with Gasteiger partial charge in [0.15, 0.2) is 0 Å². The van der Waals surface area contributed by atoms with Crippen molar-refractivity contribution in [1.29, 1.82) is 0 Å². The summed E-state index contributed by atoms with van der Waals surface area (Å²) < 4.78 is 1.36. The first-order chi connectivity index (χ1) is 11.2. The Kier molecular flexibility index (Phi) is 5.30. The molecule has 2 aromatic rings. The van der Waals surface area contributed by atoms with Gasteiger partial charge in [0.1, 0.15) is 0 Å². The molecule has 3 rings (SSSR count). The first kappa shape index (κ1) is 16.4. The number of nitrogens with one attached hydrogen (secondary N) is 2. The molecule has 4 nitrogen and oxygen atoms in total. The molecular weight excluding hydrogens is 306 g/mol. The number of carbonyl (C=O) groups excluding carboxylic acids is 1.